The fourth-order valence-corrected chi connectivity index (χ4v) is 3.38. The highest BCUT2D eigenvalue weighted by molar-refractivity contribution is 7.99. The summed E-state index contributed by atoms with van der Waals surface area (Å²) in [7, 11) is -3.61. The Morgan fingerprint density at radius 1 is 1.21 bits per heavy atom. The molecule has 0 radical (unpaired) electrons. The molecule has 128 valence electrons. The van der Waals surface area contributed by atoms with Gasteiger partial charge in [0.2, 0.25) is 10.0 Å². The van der Waals surface area contributed by atoms with Crippen LogP contribution in [-0.2, 0) is 10.0 Å². The van der Waals surface area contributed by atoms with Crippen molar-refractivity contribution >= 4 is 27.7 Å². The van der Waals surface area contributed by atoms with Crippen LogP contribution < -0.4 is 10.0 Å². The zero-order chi connectivity index (χ0) is 17.4. The lowest BCUT2D eigenvalue weighted by atomic mass is 10.3. The normalized spacial score (nSPS) is 11.2. The van der Waals surface area contributed by atoms with E-state index in [1.807, 2.05) is 6.92 Å². The number of aromatic nitrogens is 2. The van der Waals surface area contributed by atoms with E-state index < -0.39 is 10.0 Å². The molecule has 2 heterocycles. The minimum absolute atomic E-state index is 0.0835. The molecule has 2 aromatic rings. The average Bonchev–Trinajstić information content (AvgIpc) is 2.60. The molecule has 0 unspecified atom stereocenters. The third-order valence-corrected chi connectivity index (χ3v) is 5.21. The van der Waals surface area contributed by atoms with Crippen LogP contribution >= 0.6 is 11.8 Å². The van der Waals surface area contributed by atoms with Gasteiger partial charge in [-0.15, -0.1) is 11.8 Å². The van der Waals surface area contributed by atoms with E-state index in [9.17, 15) is 13.2 Å². The number of carbonyl (C=O) groups is 1. The quantitative estimate of drug-likeness (QED) is 0.539. The molecule has 2 N–H and O–H groups in total. The molecule has 0 aliphatic carbocycles. The smallest absolute Gasteiger partial charge is 0.252 e. The van der Waals surface area contributed by atoms with Gasteiger partial charge in [0.05, 0.1) is 10.6 Å². The molecule has 1 amide bonds. The van der Waals surface area contributed by atoms with E-state index in [1.165, 1.54) is 24.7 Å². The molecule has 0 fully saturated rings. The van der Waals surface area contributed by atoms with Crippen LogP contribution in [0.1, 0.15) is 17.3 Å². The van der Waals surface area contributed by atoms with Crippen LogP contribution in [0.3, 0.4) is 0 Å². The summed E-state index contributed by atoms with van der Waals surface area (Å²) in [5.74, 6) is 0.617. The molecule has 0 aromatic carbocycles. The average molecular weight is 366 g/mol. The van der Waals surface area contributed by atoms with Gasteiger partial charge in [-0.05, 0) is 30.0 Å². The second-order valence-corrected chi connectivity index (χ2v) is 7.71. The minimum Gasteiger partial charge on any atom is -0.351 e. The highest BCUT2D eigenvalue weighted by Gasteiger charge is 2.13. The van der Waals surface area contributed by atoms with Crippen LogP contribution in [0.2, 0.25) is 0 Å². The zero-order valence-electron chi connectivity index (χ0n) is 13.1. The molecule has 7 nitrogen and oxygen atoms in total. The molecule has 0 bridgehead atoms. The Labute approximate surface area is 145 Å². The highest BCUT2D eigenvalue weighted by Crippen LogP contribution is 2.14. The van der Waals surface area contributed by atoms with Gasteiger partial charge in [0.15, 0.2) is 0 Å². The standard InChI is InChI=1S/C15H18N4O3S2/c1-2-23-14-6-5-12(10-18-14)15(20)17-8-9-19-24(21,22)13-4-3-7-16-11-13/h3-7,10-11,19H,2,8-9H2,1H3,(H,17,20). The predicted octanol–water partition coefficient (Wildman–Crippen LogP) is 1.30. The number of nitrogens with zero attached hydrogens (tertiary/aromatic N) is 2. The van der Waals surface area contributed by atoms with E-state index in [1.54, 1.807) is 30.0 Å². The van der Waals surface area contributed by atoms with Gasteiger partial charge in [-0.25, -0.2) is 18.1 Å². The number of hydrogen-bond donors (Lipinski definition) is 2. The van der Waals surface area contributed by atoms with Gasteiger partial charge in [0, 0.05) is 31.7 Å². The lowest BCUT2D eigenvalue weighted by Crippen LogP contribution is -2.34. The lowest BCUT2D eigenvalue weighted by molar-refractivity contribution is 0.0954. The van der Waals surface area contributed by atoms with Gasteiger partial charge in [-0.1, -0.05) is 6.92 Å². The number of amides is 1. The Morgan fingerprint density at radius 2 is 2.04 bits per heavy atom. The predicted molar refractivity (Wildman–Crippen MR) is 92.4 cm³/mol. The van der Waals surface area contributed by atoms with Crippen LogP contribution in [0.25, 0.3) is 0 Å². The largest absolute Gasteiger partial charge is 0.351 e. The Bertz CT molecular complexity index is 765. The molecule has 0 saturated carbocycles. The van der Waals surface area contributed by atoms with Crippen LogP contribution in [0.4, 0.5) is 0 Å². The fraction of sp³-hybridized carbons (Fsp3) is 0.267. The van der Waals surface area contributed by atoms with Crippen molar-refractivity contribution in [1.29, 1.82) is 0 Å². The number of hydrogen-bond acceptors (Lipinski definition) is 6. The van der Waals surface area contributed by atoms with E-state index in [-0.39, 0.29) is 23.9 Å². The first-order valence-corrected chi connectivity index (χ1v) is 9.76. The van der Waals surface area contributed by atoms with Crippen LogP contribution in [0.5, 0.6) is 0 Å². The Kier molecular flexibility index (Phi) is 6.71. The van der Waals surface area contributed by atoms with Crippen molar-refractivity contribution in [2.24, 2.45) is 0 Å². The van der Waals surface area contributed by atoms with E-state index in [2.05, 4.69) is 20.0 Å². The maximum absolute atomic E-state index is 12.0. The molecule has 2 aromatic heterocycles. The van der Waals surface area contributed by atoms with Crippen LogP contribution in [0, 0.1) is 0 Å². The van der Waals surface area contributed by atoms with Gasteiger partial charge >= 0.3 is 0 Å². The molecule has 0 atom stereocenters. The van der Waals surface area contributed by atoms with E-state index in [4.69, 9.17) is 0 Å². The molecule has 0 aliphatic rings. The second kappa shape index (κ2) is 8.76. The molecule has 0 aliphatic heterocycles. The molecular weight excluding hydrogens is 348 g/mol. The Hall–Kier alpha value is -1.97. The van der Waals surface area contributed by atoms with Crippen LogP contribution in [-0.4, -0.2) is 43.1 Å². The van der Waals surface area contributed by atoms with Crippen molar-refractivity contribution in [3.05, 3.63) is 48.4 Å². The third-order valence-electron chi connectivity index (χ3n) is 2.94. The maximum atomic E-state index is 12.0. The number of carbonyl (C=O) groups excluding carboxylic acids is 1. The number of thioether (sulfide) groups is 1. The van der Waals surface area contributed by atoms with E-state index in [0.717, 1.165) is 10.8 Å². The van der Waals surface area contributed by atoms with Crippen molar-refractivity contribution in [3.8, 4) is 0 Å². The third kappa shape index (κ3) is 5.29. The minimum atomic E-state index is -3.61. The number of pyridine rings is 2. The molecule has 24 heavy (non-hydrogen) atoms. The lowest BCUT2D eigenvalue weighted by Gasteiger charge is -2.08. The summed E-state index contributed by atoms with van der Waals surface area (Å²) in [6, 6.07) is 6.48. The first-order chi connectivity index (χ1) is 11.5. The molecule has 9 heteroatoms. The highest BCUT2D eigenvalue weighted by atomic mass is 32.2. The van der Waals surface area contributed by atoms with Gasteiger partial charge < -0.3 is 5.32 Å². The number of rotatable bonds is 8. The van der Waals surface area contributed by atoms with Crippen molar-refractivity contribution < 1.29 is 13.2 Å². The summed E-state index contributed by atoms with van der Waals surface area (Å²) in [4.78, 5) is 20.0. The second-order valence-electron chi connectivity index (χ2n) is 4.66. The first kappa shape index (κ1) is 18.4. The van der Waals surface area contributed by atoms with Crippen LogP contribution in [0.15, 0.2) is 52.8 Å². The van der Waals surface area contributed by atoms with E-state index >= 15 is 0 Å². The zero-order valence-corrected chi connectivity index (χ0v) is 14.7. The fourth-order valence-electron chi connectivity index (χ4n) is 1.80. The monoisotopic (exact) mass is 366 g/mol. The van der Waals surface area contributed by atoms with Gasteiger partial charge in [0.1, 0.15) is 4.90 Å². The van der Waals surface area contributed by atoms with Gasteiger partial charge in [0.25, 0.3) is 5.91 Å². The summed E-state index contributed by atoms with van der Waals surface area (Å²) in [6.45, 7) is 2.28. The summed E-state index contributed by atoms with van der Waals surface area (Å²) in [5.41, 5.74) is 0.436. The van der Waals surface area contributed by atoms with E-state index in [0.29, 0.717) is 5.56 Å². The summed E-state index contributed by atoms with van der Waals surface area (Å²) < 4.78 is 26.3. The summed E-state index contributed by atoms with van der Waals surface area (Å²) >= 11 is 1.59. The van der Waals surface area contributed by atoms with Crippen molar-refractivity contribution in [2.45, 2.75) is 16.8 Å². The molecular formula is C15H18N4O3S2. The number of nitrogens with one attached hydrogen (secondary N) is 2. The van der Waals surface area contributed by atoms with Crippen molar-refractivity contribution in [2.75, 3.05) is 18.8 Å². The summed E-state index contributed by atoms with van der Waals surface area (Å²) in [5, 5.41) is 3.51. The first-order valence-electron chi connectivity index (χ1n) is 7.29. The SMILES string of the molecule is CCSc1ccc(C(=O)NCCNS(=O)(=O)c2cccnc2)cn1. The van der Waals surface area contributed by atoms with Gasteiger partial charge in [-0.2, -0.15) is 0 Å². The Morgan fingerprint density at radius 3 is 2.67 bits per heavy atom. The van der Waals surface area contributed by atoms with Crippen molar-refractivity contribution in [1.82, 2.24) is 20.0 Å². The van der Waals surface area contributed by atoms with Gasteiger partial charge in [-0.3, -0.25) is 9.78 Å². The molecule has 0 spiro atoms. The summed E-state index contributed by atoms with van der Waals surface area (Å²) in [6.07, 6.45) is 4.27. The molecule has 2 rings (SSSR count). The molecule has 0 saturated heterocycles. The number of sulfonamides is 1. The maximum Gasteiger partial charge on any atom is 0.252 e. The Balaban J connectivity index is 1.80. The topological polar surface area (TPSA) is 101 Å². The van der Waals surface area contributed by atoms with Crippen molar-refractivity contribution in [3.63, 3.8) is 0 Å².